The summed E-state index contributed by atoms with van der Waals surface area (Å²) in [7, 11) is 1.58. The van der Waals surface area contributed by atoms with Crippen LogP contribution in [0.2, 0.25) is 0 Å². The molecule has 2 rings (SSSR count). The number of nitrogens with zero attached hydrogens (tertiary/aromatic N) is 1. The maximum Gasteiger partial charge on any atom is 0.185 e. The SMILES string of the molecule is COC(C)(C)O[C@@H](/C=[N+](\[O-])Cc1ccccc1)c1ccccc1. The maximum atomic E-state index is 12.3. The van der Waals surface area contributed by atoms with Crippen molar-refractivity contribution < 1.29 is 14.2 Å². The fourth-order valence-electron chi connectivity index (χ4n) is 2.15. The van der Waals surface area contributed by atoms with E-state index in [9.17, 15) is 5.21 Å². The van der Waals surface area contributed by atoms with Crippen molar-refractivity contribution in [1.29, 1.82) is 0 Å². The zero-order chi connectivity index (χ0) is 16.7. The van der Waals surface area contributed by atoms with Crippen molar-refractivity contribution in [2.24, 2.45) is 0 Å². The molecule has 2 aromatic rings. The minimum Gasteiger partial charge on any atom is -0.624 e. The lowest BCUT2D eigenvalue weighted by Gasteiger charge is -2.27. The van der Waals surface area contributed by atoms with Crippen LogP contribution in [0.25, 0.3) is 0 Å². The van der Waals surface area contributed by atoms with E-state index in [-0.39, 0.29) is 6.54 Å². The van der Waals surface area contributed by atoms with Crippen LogP contribution in [0.15, 0.2) is 60.7 Å². The van der Waals surface area contributed by atoms with Gasteiger partial charge in [-0.15, -0.1) is 0 Å². The molecule has 0 radical (unpaired) electrons. The highest BCUT2D eigenvalue weighted by atomic mass is 16.7. The molecule has 2 aromatic carbocycles. The first kappa shape index (κ1) is 17.2. The van der Waals surface area contributed by atoms with E-state index in [0.717, 1.165) is 15.9 Å². The van der Waals surface area contributed by atoms with Gasteiger partial charge in [-0.25, -0.2) is 4.74 Å². The molecule has 0 saturated heterocycles. The van der Waals surface area contributed by atoms with Gasteiger partial charge in [0.15, 0.2) is 24.7 Å². The summed E-state index contributed by atoms with van der Waals surface area (Å²) in [6, 6.07) is 19.3. The number of rotatable bonds is 7. The van der Waals surface area contributed by atoms with E-state index in [1.54, 1.807) is 13.3 Å². The predicted molar refractivity (Wildman–Crippen MR) is 91.2 cm³/mol. The Kier molecular flexibility index (Phi) is 5.90. The third-order valence-electron chi connectivity index (χ3n) is 3.51. The van der Waals surface area contributed by atoms with Gasteiger partial charge in [-0.05, 0) is 19.4 Å². The van der Waals surface area contributed by atoms with E-state index in [0.29, 0.717) is 0 Å². The largest absolute Gasteiger partial charge is 0.624 e. The second-order valence-electron chi connectivity index (χ2n) is 5.76. The summed E-state index contributed by atoms with van der Waals surface area (Å²) in [5.41, 5.74) is 1.86. The van der Waals surface area contributed by atoms with E-state index in [2.05, 4.69) is 0 Å². The van der Waals surface area contributed by atoms with Crippen LogP contribution in [0, 0.1) is 5.21 Å². The van der Waals surface area contributed by atoms with Crippen LogP contribution >= 0.6 is 0 Å². The molecule has 0 N–H and O–H groups in total. The van der Waals surface area contributed by atoms with Crippen LogP contribution in [-0.2, 0) is 16.0 Å². The topological polar surface area (TPSA) is 44.5 Å². The molecule has 0 aliphatic carbocycles. The van der Waals surface area contributed by atoms with Gasteiger partial charge in [-0.2, -0.15) is 0 Å². The molecule has 0 amide bonds. The molecule has 0 heterocycles. The van der Waals surface area contributed by atoms with Crippen molar-refractivity contribution in [1.82, 2.24) is 0 Å². The van der Waals surface area contributed by atoms with E-state index >= 15 is 0 Å². The lowest BCUT2D eigenvalue weighted by molar-refractivity contribution is -0.474. The first-order valence-electron chi connectivity index (χ1n) is 7.61. The molecule has 23 heavy (non-hydrogen) atoms. The molecule has 0 aliphatic rings. The first-order chi connectivity index (χ1) is 11.0. The highest BCUT2D eigenvalue weighted by Crippen LogP contribution is 2.23. The Bertz CT molecular complexity index is 624. The van der Waals surface area contributed by atoms with Gasteiger partial charge in [0, 0.05) is 12.7 Å². The zero-order valence-corrected chi connectivity index (χ0v) is 13.8. The minimum atomic E-state index is -0.787. The number of hydrogen-bond donors (Lipinski definition) is 0. The Labute approximate surface area is 137 Å². The summed E-state index contributed by atoms with van der Waals surface area (Å²) >= 11 is 0. The molecule has 0 aliphatic heterocycles. The van der Waals surface area contributed by atoms with Gasteiger partial charge in [-0.3, -0.25) is 0 Å². The number of ether oxygens (including phenoxy) is 2. The van der Waals surface area contributed by atoms with E-state index in [1.165, 1.54) is 0 Å². The third kappa shape index (κ3) is 5.51. The predicted octanol–water partition coefficient (Wildman–Crippen LogP) is 3.91. The molecule has 1 atom stereocenters. The van der Waals surface area contributed by atoms with Gasteiger partial charge in [-0.1, -0.05) is 60.7 Å². The van der Waals surface area contributed by atoms with Crippen LogP contribution in [0.3, 0.4) is 0 Å². The van der Waals surface area contributed by atoms with Crippen LogP contribution in [0.4, 0.5) is 0 Å². The van der Waals surface area contributed by atoms with Gasteiger partial charge in [0.2, 0.25) is 0 Å². The Morgan fingerprint density at radius 1 is 1.04 bits per heavy atom. The molecule has 4 heteroatoms. The minimum absolute atomic E-state index is 0.279. The van der Waals surface area contributed by atoms with Crippen molar-refractivity contribution in [3.63, 3.8) is 0 Å². The summed E-state index contributed by atoms with van der Waals surface area (Å²) in [4.78, 5) is 0. The summed E-state index contributed by atoms with van der Waals surface area (Å²) in [5.74, 6) is -0.787. The molecule has 0 spiro atoms. The molecule has 0 aromatic heterocycles. The van der Waals surface area contributed by atoms with Crippen molar-refractivity contribution in [3.8, 4) is 0 Å². The monoisotopic (exact) mass is 313 g/mol. The van der Waals surface area contributed by atoms with E-state index < -0.39 is 11.9 Å². The Balaban J connectivity index is 2.21. The molecule has 0 bridgehead atoms. The number of methoxy groups -OCH3 is 1. The van der Waals surface area contributed by atoms with Gasteiger partial charge >= 0.3 is 0 Å². The highest BCUT2D eigenvalue weighted by Gasteiger charge is 2.25. The number of benzene rings is 2. The molecular formula is C19H23NO3. The second-order valence-corrected chi connectivity index (χ2v) is 5.76. The Morgan fingerprint density at radius 2 is 1.61 bits per heavy atom. The van der Waals surface area contributed by atoms with Crippen LogP contribution in [0.5, 0.6) is 0 Å². The van der Waals surface area contributed by atoms with Gasteiger partial charge in [0.05, 0.1) is 0 Å². The van der Waals surface area contributed by atoms with E-state index in [4.69, 9.17) is 9.47 Å². The molecule has 0 saturated carbocycles. The summed E-state index contributed by atoms with van der Waals surface area (Å²) in [6.07, 6.45) is 1.07. The average molecular weight is 313 g/mol. The standard InChI is InChI=1S/C19H23NO3/c1-19(2,22-3)23-18(17-12-8-5-9-13-17)15-20(21)14-16-10-6-4-7-11-16/h4-13,15,18H,14H2,1-3H3/b20-15-/t18-/m0/s1. The molecule has 0 fully saturated rings. The summed E-state index contributed by atoms with van der Waals surface area (Å²) < 4.78 is 12.2. The van der Waals surface area contributed by atoms with E-state index in [1.807, 2.05) is 74.5 Å². The molecule has 122 valence electrons. The van der Waals surface area contributed by atoms with Gasteiger partial charge < -0.3 is 14.7 Å². The molecule has 4 nitrogen and oxygen atoms in total. The lowest BCUT2D eigenvalue weighted by Crippen LogP contribution is -2.30. The highest BCUT2D eigenvalue weighted by molar-refractivity contribution is 5.61. The fraction of sp³-hybridized carbons (Fsp3) is 0.316. The normalized spacial score (nSPS) is 13.8. The maximum absolute atomic E-state index is 12.3. The number of hydrogen-bond acceptors (Lipinski definition) is 3. The average Bonchev–Trinajstić information content (AvgIpc) is 2.56. The third-order valence-corrected chi connectivity index (χ3v) is 3.51. The van der Waals surface area contributed by atoms with Crippen LogP contribution in [-0.4, -0.2) is 23.9 Å². The van der Waals surface area contributed by atoms with Crippen LogP contribution in [0.1, 0.15) is 31.1 Å². The van der Waals surface area contributed by atoms with Gasteiger partial charge in [0.1, 0.15) is 0 Å². The summed E-state index contributed by atoms with van der Waals surface area (Å²) in [6.45, 7) is 3.92. The van der Waals surface area contributed by atoms with Crippen LogP contribution < -0.4 is 0 Å². The quantitative estimate of drug-likeness (QED) is 0.256. The van der Waals surface area contributed by atoms with Gasteiger partial charge in [0.25, 0.3) is 0 Å². The Hall–Kier alpha value is -2.17. The fourth-order valence-corrected chi connectivity index (χ4v) is 2.15. The second kappa shape index (κ2) is 7.90. The Morgan fingerprint density at radius 3 is 2.17 bits per heavy atom. The summed E-state index contributed by atoms with van der Waals surface area (Å²) in [5, 5.41) is 12.3. The van der Waals surface area contributed by atoms with Crippen molar-refractivity contribution in [2.75, 3.05) is 7.11 Å². The number of hydroxylamine groups is 1. The smallest absolute Gasteiger partial charge is 0.185 e. The molecule has 0 unspecified atom stereocenters. The first-order valence-corrected chi connectivity index (χ1v) is 7.61. The van der Waals surface area contributed by atoms with Crippen molar-refractivity contribution in [2.45, 2.75) is 32.3 Å². The lowest BCUT2D eigenvalue weighted by atomic mass is 10.1. The van der Waals surface area contributed by atoms with Crippen molar-refractivity contribution in [3.05, 3.63) is 77.0 Å². The van der Waals surface area contributed by atoms with Crippen molar-refractivity contribution >= 4 is 6.21 Å². The zero-order valence-electron chi connectivity index (χ0n) is 13.8. The molecular weight excluding hydrogens is 290 g/mol.